The standard InChI is InChI=1S/C22H34O5/c1-14(24)27-13-22(19(25)26)8-3-7-20(2)17-5-4-15-10-21(17,9-6-18(20)22)11-16(15)12-23/h15-18,23H,3-13H2,1-2H3,(H,25,26). The van der Waals surface area contributed by atoms with Crippen LogP contribution in [0.3, 0.4) is 0 Å². The molecule has 1 spiro atoms. The van der Waals surface area contributed by atoms with Crippen molar-refractivity contribution in [1.82, 2.24) is 0 Å². The minimum Gasteiger partial charge on any atom is -0.481 e. The first kappa shape index (κ1) is 19.2. The van der Waals surface area contributed by atoms with Gasteiger partial charge in [-0.15, -0.1) is 0 Å². The van der Waals surface area contributed by atoms with Crippen molar-refractivity contribution in [2.45, 2.75) is 71.6 Å². The second kappa shape index (κ2) is 6.47. The summed E-state index contributed by atoms with van der Waals surface area (Å²) < 4.78 is 5.32. The Morgan fingerprint density at radius 1 is 1.07 bits per heavy atom. The summed E-state index contributed by atoms with van der Waals surface area (Å²) in [6.45, 7) is 4.01. The molecule has 2 bridgehead atoms. The van der Waals surface area contributed by atoms with E-state index in [1.54, 1.807) is 0 Å². The second-order valence-electron chi connectivity index (χ2n) is 10.3. The van der Waals surface area contributed by atoms with Gasteiger partial charge in [-0.25, -0.2) is 0 Å². The number of hydrogen-bond acceptors (Lipinski definition) is 4. The first-order valence-electron chi connectivity index (χ1n) is 10.7. The Morgan fingerprint density at radius 2 is 1.85 bits per heavy atom. The number of esters is 1. The highest BCUT2D eigenvalue weighted by atomic mass is 16.5. The minimum absolute atomic E-state index is 0.00957. The lowest BCUT2D eigenvalue weighted by Gasteiger charge is -2.63. The smallest absolute Gasteiger partial charge is 0.313 e. The van der Waals surface area contributed by atoms with Crippen LogP contribution in [-0.4, -0.2) is 35.4 Å². The molecular formula is C22H34O5. The molecule has 0 aromatic heterocycles. The van der Waals surface area contributed by atoms with E-state index in [2.05, 4.69) is 6.92 Å². The summed E-state index contributed by atoms with van der Waals surface area (Å²) in [6, 6.07) is 0. The Morgan fingerprint density at radius 3 is 2.52 bits per heavy atom. The number of rotatable bonds is 4. The van der Waals surface area contributed by atoms with E-state index < -0.39 is 17.4 Å². The summed E-state index contributed by atoms with van der Waals surface area (Å²) in [7, 11) is 0. The SMILES string of the molecule is CC(=O)OCC1(C(=O)O)CCCC2(C)C3CCC4CC3(CCC12)CC4CO. The molecule has 7 unspecified atom stereocenters. The molecule has 0 radical (unpaired) electrons. The summed E-state index contributed by atoms with van der Waals surface area (Å²) in [5.74, 6) is 0.509. The summed E-state index contributed by atoms with van der Waals surface area (Å²) in [5.41, 5.74) is -0.652. The Balaban J connectivity index is 1.68. The van der Waals surface area contributed by atoms with E-state index in [-0.39, 0.29) is 17.9 Å². The van der Waals surface area contributed by atoms with Crippen LogP contribution in [0.4, 0.5) is 0 Å². The minimum atomic E-state index is -0.938. The van der Waals surface area contributed by atoms with Crippen molar-refractivity contribution < 1.29 is 24.5 Å². The first-order chi connectivity index (χ1) is 12.8. The summed E-state index contributed by atoms with van der Waals surface area (Å²) in [6.07, 6.45) is 9.22. The van der Waals surface area contributed by atoms with Gasteiger partial charge in [0.05, 0.1) is 0 Å². The number of carboxylic acid groups (broad SMARTS) is 1. The lowest BCUT2D eigenvalue weighted by Crippen LogP contribution is -2.60. The fourth-order valence-electron chi connectivity index (χ4n) is 8.33. The number of carbonyl (C=O) groups excluding carboxylic acids is 1. The fourth-order valence-corrected chi connectivity index (χ4v) is 8.33. The molecule has 0 aliphatic heterocycles. The zero-order valence-corrected chi connectivity index (χ0v) is 16.7. The van der Waals surface area contributed by atoms with Crippen LogP contribution in [0.2, 0.25) is 0 Å². The number of aliphatic hydroxyl groups is 1. The third-order valence-corrected chi connectivity index (χ3v) is 9.29. The number of hydrogen-bond donors (Lipinski definition) is 2. The molecular weight excluding hydrogens is 344 g/mol. The van der Waals surface area contributed by atoms with Crippen LogP contribution in [0.15, 0.2) is 0 Å². The maximum Gasteiger partial charge on any atom is 0.313 e. The number of carboxylic acids is 1. The molecule has 4 aliphatic rings. The van der Waals surface area contributed by atoms with Crippen LogP contribution in [0.25, 0.3) is 0 Å². The number of aliphatic hydroxyl groups excluding tert-OH is 1. The third kappa shape index (κ3) is 2.67. The van der Waals surface area contributed by atoms with Crippen molar-refractivity contribution in [3.8, 4) is 0 Å². The van der Waals surface area contributed by atoms with Crippen molar-refractivity contribution in [3.05, 3.63) is 0 Å². The Hall–Kier alpha value is -1.10. The van der Waals surface area contributed by atoms with Crippen LogP contribution < -0.4 is 0 Å². The Labute approximate surface area is 161 Å². The van der Waals surface area contributed by atoms with Crippen molar-refractivity contribution in [2.24, 2.45) is 39.9 Å². The maximum absolute atomic E-state index is 12.5. The average Bonchev–Trinajstić information content (AvgIpc) is 2.89. The number of aliphatic carboxylic acids is 1. The predicted octanol–water partition coefficient (Wildman–Crippen LogP) is 3.64. The summed E-state index contributed by atoms with van der Waals surface area (Å²) in [5, 5.41) is 20.1. The molecule has 0 aromatic carbocycles. The summed E-state index contributed by atoms with van der Waals surface area (Å²) in [4.78, 5) is 23.9. The molecule has 0 heterocycles. The van der Waals surface area contributed by atoms with Gasteiger partial charge in [0.15, 0.2) is 0 Å². The molecule has 5 nitrogen and oxygen atoms in total. The van der Waals surface area contributed by atoms with Crippen LogP contribution in [0.5, 0.6) is 0 Å². The van der Waals surface area contributed by atoms with Crippen LogP contribution in [0.1, 0.15) is 71.6 Å². The van der Waals surface area contributed by atoms with E-state index in [4.69, 9.17) is 4.74 Å². The monoisotopic (exact) mass is 378 g/mol. The number of carbonyl (C=O) groups is 2. The van der Waals surface area contributed by atoms with Gasteiger partial charge in [0.2, 0.25) is 0 Å². The van der Waals surface area contributed by atoms with E-state index in [0.717, 1.165) is 38.5 Å². The topological polar surface area (TPSA) is 83.8 Å². The molecule has 5 heteroatoms. The van der Waals surface area contributed by atoms with E-state index >= 15 is 0 Å². The molecule has 7 atom stereocenters. The zero-order valence-electron chi connectivity index (χ0n) is 16.7. The van der Waals surface area contributed by atoms with Crippen molar-refractivity contribution in [3.63, 3.8) is 0 Å². The van der Waals surface area contributed by atoms with Gasteiger partial charge in [0, 0.05) is 13.5 Å². The number of ether oxygens (including phenoxy) is 1. The third-order valence-electron chi connectivity index (χ3n) is 9.29. The van der Waals surface area contributed by atoms with Crippen molar-refractivity contribution >= 4 is 11.9 Å². The van der Waals surface area contributed by atoms with E-state index in [0.29, 0.717) is 36.2 Å². The van der Waals surface area contributed by atoms with Gasteiger partial charge in [-0.1, -0.05) is 13.3 Å². The molecule has 0 amide bonds. The van der Waals surface area contributed by atoms with Crippen molar-refractivity contribution in [2.75, 3.05) is 13.2 Å². The first-order valence-corrected chi connectivity index (χ1v) is 10.7. The van der Waals surface area contributed by atoms with E-state index in [1.807, 2.05) is 0 Å². The van der Waals surface area contributed by atoms with E-state index in [1.165, 1.54) is 19.8 Å². The van der Waals surface area contributed by atoms with Crippen molar-refractivity contribution in [1.29, 1.82) is 0 Å². The van der Waals surface area contributed by atoms with Gasteiger partial charge in [-0.2, -0.15) is 0 Å². The molecule has 4 saturated carbocycles. The Bertz CT molecular complexity index is 632. The molecule has 4 aliphatic carbocycles. The second-order valence-corrected chi connectivity index (χ2v) is 10.3. The molecule has 27 heavy (non-hydrogen) atoms. The molecule has 0 aromatic rings. The van der Waals surface area contributed by atoms with Gasteiger partial charge in [0.25, 0.3) is 0 Å². The van der Waals surface area contributed by atoms with Gasteiger partial charge in [-0.3, -0.25) is 9.59 Å². The molecule has 2 N–H and O–H groups in total. The molecule has 0 saturated heterocycles. The van der Waals surface area contributed by atoms with Gasteiger partial charge >= 0.3 is 11.9 Å². The van der Waals surface area contributed by atoms with Gasteiger partial charge in [0.1, 0.15) is 12.0 Å². The number of fused-ring (bicyclic) bond motifs is 3. The highest BCUT2D eigenvalue weighted by Gasteiger charge is 2.67. The predicted molar refractivity (Wildman–Crippen MR) is 99.8 cm³/mol. The fraction of sp³-hybridized carbons (Fsp3) is 0.909. The lowest BCUT2D eigenvalue weighted by molar-refractivity contribution is -0.195. The molecule has 4 rings (SSSR count). The quantitative estimate of drug-likeness (QED) is 0.730. The van der Waals surface area contributed by atoms with Crippen LogP contribution >= 0.6 is 0 Å². The highest BCUT2D eigenvalue weighted by molar-refractivity contribution is 5.76. The van der Waals surface area contributed by atoms with Crippen LogP contribution in [-0.2, 0) is 14.3 Å². The maximum atomic E-state index is 12.5. The molecule has 152 valence electrons. The molecule has 4 fully saturated rings. The van der Waals surface area contributed by atoms with Crippen LogP contribution in [0, 0.1) is 39.9 Å². The van der Waals surface area contributed by atoms with E-state index in [9.17, 15) is 19.8 Å². The lowest BCUT2D eigenvalue weighted by atomic mass is 9.40. The Kier molecular flexibility index (Phi) is 4.60. The largest absolute Gasteiger partial charge is 0.481 e. The van der Waals surface area contributed by atoms with Gasteiger partial charge in [-0.05, 0) is 85.9 Å². The normalized spacial score (nSPS) is 48.4. The summed E-state index contributed by atoms with van der Waals surface area (Å²) >= 11 is 0. The highest BCUT2D eigenvalue weighted by Crippen LogP contribution is 2.72. The van der Waals surface area contributed by atoms with Gasteiger partial charge < -0.3 is 14.9 Å². The zero-order chi connectivity index (χ0) is 19.4. The average molecular weight is 379 g/mol.